The molecule has 2 atom stereocenters. The minimum absolute atomic E-state index is 0.190. The van der Waals surface area contributed by atoms with Crippen molar-refractivity contribution in [1.29, 1.82) is 0 Å². The topological polar surface area (TPSA) is 70.1 Å². The average molecular weight is 481 g/mol. The number of hydrogen-bond acceptors (Lipinski definition) is 5. The highest BCUT2D eigenvalue weighted by Gasteiger charge is 2.29. The van der Waals surface area contributed by atoms with Gasteiger partial charge in [0, 0.05) is 32.7 Å². The monoisotopic (exact) mass is 480 g/mol. The molecule has 0 radical (unpaired) electrons. The van der Waals surface area contributed by atoms with E-state index in [1.54, 1.807) is 24.3 Å². The van der Waals surface area contributed by atoms with Gasteiger partial charge in [-0.3, -0.25) is 4.90 Å². The van der Waals surface area contributed by atoms with Crippen LogP contribution in [0.5, 0.6) is 0 Å². The lowest BCUT2D eigenvalue weighted by Crippen LogP contribution is -2.50. The van der Waals surface area contributed by atoms with Gasteiger partial charge in [-0.05, 0) is 30.2 Å². The molecule has 3 aromatic carbocycles. The molecule has 1 saturated heterocycles. The third-order valence-corrected chi connectivity index (χ3v) is 8.03. The van der Waals surface area contributed by atoms with Crippen molar-refractivity contribution >= 4 is 10.0 Å². The van der Waals surface area contributed by atoms with Gasteiger partial charge in [0.2, 0.25) is 10.0 Å². The molecule has 1 aliphatic rings. The van der Waals surface area contributed by atoms with E-state index in [4.69, 9.17) is 4.74 Å². The number of aryl methyl sites for hydroxylation is 1. The zero-order chi connectivity index (χ0) is 24.0. The molecule has 1 heterocycles. The van der Waals surface area contributed by atoms with Gasteiger partial charge in [-0.25, -0.2) is 8.42 Å². The largest absolute Gasteiger partial charge is 0.389 e. The molecule has 3 aromatic rings. The lowest BCUT2D eigenvalue weighted by molar-refractivity contribution is -0.0117. The molecule has 0 bridgehead atoms. The normalized spacial score (nSPS) is 17.4. The van der Waals surface area contributed by atoms with Crippen LogP contribution in [0.2, 0.25) is 0 Å². The highest BCUT2D eigenvalue weighted by atomic mass is 32.2. The molecule has 0 aliphatic carbocycles. The van der Waals surface area contributed by atoms with E-state index in [1.165, 1.54) is 9.87 Å². The Morgan fingerprint density at radius 3 is 2.00 bits per heavy atom. The molecule has 0 saturated carbocycles. The van der Waals surface area contributed by atoms with E-state index in [9.17, 15) is 13.5 Å². The summed E-state index contributed by atoms with van der Waals surface area (Å²) < 4.78 is 33.4. The summed E-state index contributed by atoms with van der Waals surface area (Å²) in [5.41, 5.74) is 3.27. The van der Waals surface area contributed by atoms with Crippen molar-refractivity contribution in [1.82, 2.24) is 9.21 Å². The van der Waals surface area contributed by atoms with Gasteiger partial charge in [0.15, 0.2) is 0 Å². The molecule has 0 amide bonds. The van der Waals surface area contributed by atoms with Crippen LogP contribution in [-0.2, 0) is 14.8 Å². The number of rotatable bonds is 9. The second-order valence-electron chi connectivity index (χ2n) is 8.71. The lowest BCUT2D eigenvalue weighted by atomic mass is 10.0. The van der Waals surface area contributed by atoms with Crippen LogP contribution in [0.25, 0.3) is 0 Å². The summed E-state index contributed by atoms with van der Waals surface area (Å²) in [5.74, 6) is 0. The predicted octanol–water partition coefficient (Wildman–Crippen LogP) is 3.47. The predicted molar refractivity (Wildman–Crippen MR) is 133 cm³/mol. The van der Waals surface area contributed by atoms with Crippen molar-refractivity contribution in [2.24, 2.45) is 0 Å². The first-order valence-corrected chi connectivity index (χ1v) is 13.1. The molecule has 4 rings (SSSR count). The number of sulfonamides is 1. The van der Waals surface area contributed by atoms with Crippen molar-refractivity contribution < 1.29 is 18.3 Å². The van der Waals surface area contributed by atoms with Crippen LogP contribution in [0.3, 0.4) is 0 Å². The maximum atomic E-state index is 12.8. The van der Waals surface area contributed by atoms with Crippen molar-refractivity contribution in [3.8, 4) is 0 Å². The van der Waals surface area contributed by atoms with Gasteiger partial charge in [-0.2, -0.15) is 4.31 Å². The molecular formula is C27H32N2O4S. The van der Waals surface area contributed by atoms with Gasteiger partial charge >= 0.3 is 0 Å². The number of benzene rings is 3. The van der Waals surface area contributed by atoms with Crippen LogP contribution in [0.4, 0.5) is 0 Å². The molecule has 6 nitrogen and oxygen atoms in total. The standard InChI is InChI=1S/C27H32N2O4S/c1-22-12-14-24(15-13-22)27(23-8-4-2-5-9-23)33-21-25(30)20-28-16-18-29(19-17-28)34(31,32)26-10-6-3-7-11-26/h2-15,25,27,30H,16-21H2,1H3/t25-,27-/m1/s1. The number of aliphatic hydroxyl groups is 1. The van der Waals surface area contributed by atoms with Crippen molar-refractivity contribution in [3.05, 3.63) is 102 Å². The van der Waals surface area contributed by atoms with E-state index in [0.29, 0.717) is 37.6 Å². The Labute approximate surface area is 202 Å². The Morgan fingerprint density at radius 1 is 0.824 bits per heavy atom. The van der Waals surface area contributed by atoms with Crippen molar-refractivity contribution in [2.45, 2.75) is 24.0 Å². The van der Waals surface area contributed by atoms with Gasteiger partial charge in [-0.15, -0.1) is 0 Å². The molecule has 0 spiro atoms. The maximum Gasteiger partial charge on any atom is 0.243 e. The molecule has 1 aliphatic heterocycles. The van der Waals surface area contributed by atoms with Crippen LogP contribution in [0, 0.1) is 6.92 Å². The number of aliphatic hydroxyl groups excluding tert-OH is 1. The van der Waals surface area contributed by atoms with E-state index < -0.39 is 16.1 Å². The first-order valence-electron chi connectivity index (χ1n) is 11.6. The third-order valence-electron chi connectivity index (χ3n) is 6.12. The molecule has 7 heteroatoms. The average Bonchev–Trinajstić information content (AvgIpc) is 2.87. The molecule has 34 heavy (non-hydrogen) atoms. The fourth-order valence-corrected chi connectivity index (χ4v) is 5.65. The zero-order valence-electron chi connectivity index (χ0n) is 19.5. The summed E-state index contributed by atoms with van der Waals surface area (Å²) in [6.07, 6.45) is -0.932. The number of hydrogen-bond donors (Lipinski definition) is 1. The number of ether oxygens (including phenoxy) is 1. The van der Waals surface area contributed by atoms with E-state index >= 15 is 0 Å². The Bertz CT molecular complexity index is 1130. The molecule has 0 unspecified atom stereocenters. The van der Waals surface area contributed by atoms with Gasteiger partial charge in [0.1, 0.15) is 6.10 Å². The zero-order valence-corrected chi connectivity index (χ0v) is 20.3. The fourth-order valence-electron chi connectivity index (χ4n) is 4.21. The Balaban J connectivity index is 1.32. The molecular weight excluding hydrogens is 448 g/mol. The SMILES string of the molecule is Cc1ccc([C@H](OC[C@H](O)CN2CCN(S(=O)(=O)c3ccccc3)CC2)c2ccccc2)cc1. The second kappa shape index (κ2) is 11.3. The Hall–Kier alpha value is -2.55. The summed E-state index contributed by atoms with van der Waals surface area (Å²) in [5, 5.41) is 10.7. The third kappa shape index (κ3) is 6.11. The number of β-amino-alcohol motifs (C(OH)–C–C–N with tert-alkyl or cyclic N) is 1. The van der Waals surface area contributed by atoms with Gasteiger partial charge in [0.25, 0.3) is 0 Å². The number of piperazine rings is 1. The first-order chi connectivity index (χ1) is 16.4. The molecule has 0 aromatic heterocycles. The van der Waals surface area contributed by atoms with Crippen LogP contribution in [0.15, 0.2) is 89.8 Å². The molecule has 1 N–H and O–H groups in total. The number of nitrogens with zero attached hydrogens (tertiary/aromatic N) is 2. The van der Waals surface area contributed by atoms with E-state index in [0.717, 1.165) is 11.1 Å². The molecule has 180 valence electrons. The van der Waals surface area contributed by atoms with Crippen molar-refractivity contribution in [2.75, 3.05) is 39.3 Å². The van der Waals surface area contributed by atoms with Gasteiger partial charge in [-0.1, -0.05) is 78.4 Å². The van der Waals surface area contributed by atoms with Gasteiger partial charge < -0.3 is 9.84 Å². The van der Waals surface area contributed by atoms with E-state index in [-0.39, 0.29) is 12.7 Å². The maximum absolute atomic E-state index is 12.8. The Morgan fingerprint density at radius 2 is 1.38 bits per heavy atom. The highest BCUT2D eigenvalue weighted by molar-refractivity contribution is 7.89. The lowest BCUT2D eigenvalue weighted by Gasteiger charge is -2.35. The second-order valence-corrected chi connectivity index (χ2v) is 10.6. The summed E-state index contributed by atoms with van der Waals surface area (Å²) in [6, 6.07) is 26.8. The fraction of sp³-hybridized carbons (Fsp3) is 0.333. The minimum atomic E-state index is -3.48. The first kappa shape index (κ1) is 24.6. The summed E-state index contributed by atoms with van der Waals surface area (Å²) >= 11 is 0. The smallest absolute Gasteiger partial charge is 0.243 e. The van der Waals surface area contributed by atoms with Crippen molar-refractivity contribution in [3.63, 3.8) is 0 Å². The minimum Gasteiger partial charge on any atom is -0.389 e. The van der Waals surface area contributed by atoms with E-state index in [2.05, 4.69) is 36.1 Å². The molecule has 1 fully saturated rings. The summed E-state index contributed by atoms with van der Waals surface area (Å²) in [7, 11) is -3.48. The van der Waals surface area contributed by atoms with Crippen LogP contribution in [0.1, 0.15) is 22.8 Å². The quantitative estimate of drug-likeness (QED) is 0.508. The van der Waals surface area contributed by atoms with E-state index in [1.807, 2.05) is 36.4 Å². The van der Waals surface area contributed by atoms with Crippen LogP contribution >= 0.6 is 0 Å². The van der Waals surface area contributed by atoms with Crippen LogP contribution < -0.4 is 0 Å². The highest BCUT2D eigenvalue weighted by Crippen LogP contribution is 2.26. The Kier molecular flexibility index (Phi) is 8.13. The summed E-state index contributed by atoms with van der Waals surface area (Å²) in [4.78, 5) is 2.41. The van der Waals surface area contributed by atoms with Crippen LogP contribution in [-0.4, -0.2) is 68.2 Å². The van der Waals surface area contributed by atoms with Gasteiger partial charge in [0.05, 0.1) is 17.6 Å². The summed E-state index contributed by atoms with van der Waals surface area (Å²) in [6.45, 7) is 4.63.